The summed E-state index contributed by atoms with van der Waals surface area (Å²) < 4.78 is 11.0. The number of ether oxygens (including phenoxy) is 1. The number of carbonyl (C=O) groups excluding carboxylic acids is 1. The Morgan fingerprint density at radius 1 is 1.16 bits per heavy atom. The number of amides is 1. The molecule has 1 fully saturated rings. The Morgan fingerprint density at radius 3 is 2.65 bits per heavy atom. The molecule has 1 aromatic heterocycles. The van der Waals surface area contributed by atoms with E-state index in [0.717, 1.165) is 37.2 Å². The average Bonchev–Trinajstić information content (AvgIpc) is 3.25. The fraction of sp³-hybridized carbons (Fsp3) is 0.375. The van der Waals surface area contributed by atoms with Gasteiger partial charge in [0.1, 0.15) is 5.75 Å². The maximum atomic E-state index is 12.7. The Balaban J connectivity index is 1.29. The lowest BCUT2D eigenvalue weighted by atomic mass is 9.96. The zero-order valence-corrected chi connectivity index (χ0v) is 18.0. The van der Waals surface area contributed by atoms with E-state index in [1.54, 1.807) is 0 Å². The third-order valence-corrected chi connectivity index (χ3v) is 5.54. The van der Waals surface area contributed by atoms with Crippen molar-refractivity contribution in [1.82, 2.24) is 15.0 Å². The molecule has 0 radical (unpaired) electrons. The molecule has 7 nitrogen and oxygen atoms in total. The summed E-state index contributed by atoms with van der Waals surface area (Å²) in [6.45, 7) is 6.77. The van der Waals surface area contributed by atoms with Gasteiger partial charge in [-0.3, -0.25) is 9.69 Å². The van der Waals surface area contributed by atoms with Gasteiger partial charge in [0.2, 0.25) is 17.6 Å². The number of hydrogen-bond acceptors (Lipinski definition) is 6. The zero-order chi connectivity index (χ0) is 21.6. The van der Waals surface area contributed by atoms with E-state index in [9.17, 15) is 4.79 Å². The van der Waals surface area contributed by atoms with Gasteiger partial charge in [-0.05, 0) is 51.9 Å². The lowest BCUT2D eigenvalue weighted by Gasteiger charge is -2.30. The number of aryl methyl sites for hydroxylation is 1. The summed E-state index contributed by atoms with van der Waals surface area (Å²) in [6, 6.07) is 15.6. The smallest absolute Gasteiger partial charge is 0.241 e. The number of rotatable bonds is 7. The van der Waals surface area contributed by atoms with Crippen LogP contribution in [0.25, 0.3) is 11.4 Å². The number of piperidine rings is 1. The summed E-state index contributed by atoms with van der Waals surface area (Å²) in [5.41, 5.74) is 2.87. The predicted octanol–water partition coefficient (Wildman–Crippen LogP) is 4.29. The summed E-state index contributed by atoms with van der Waals surface area (Å²) in [4.78, 5) is 19.5. The lowest BCUT2D eigenvalue weighted by molar-refractivity contribution is -0.121. The van der Waals surface area contributed by atoms with Gasteiger partial charge in [-0.25, -0.2) is 0 Å². The molecule has 0 spiro atoms. The molecule has 7 heteroatoms. The third kappa shape index (κ3) is 5.30. The number of nitrogens with one attached hydrogen (secondary N) is 1. The largest absolute Gasteiger partial charge is 0.492 e. The minimum atomic E-state index is -0.0169. The lowest BCUT2D eigenvalue weighted by Crippen LogP contribution is -2.37. The van der Waals surface area contributed by atoms with Gasteiger partial charge in [0.05, 0.1) is 18.8 Å². The van der Waals surface area contributed by atoms with Crippen LogP contribution in [0.15, 0.2) is 53.1 Å². The van der Waals surface area contributed by atoms with E-state index in [2.05, 4.69) is 20.4 Å². The fourth-order valence-electron chi connectivity index (χ4n) is 3.77. The predicted molar refractivity (Wildman–Crippen MR) is 119 cm³/mol. The molecule has 1 amide bonds. The van der Waals surface area contributed by atoms with Crippen LogP contribution in [0, 0.1) is 12.8 Å². The van der Waals surface area contributed by atoms with Crippen molar-refractivity contribution in [2.45, 2.75) is 33.2 Å². The maximum Gasteiger partial charge on any atom is 0.241 e. The number of hydrogen-bond donors (Lipinski definition) is 1. The van der Waals surface area contributed by atoms with Crippen molar-refractivity contribution in [3.63, 3.8) is 0 Å². The molecule has 0 atom stereocenters. The van der Waals surface area contributed by atoms with Gasteiger partial charge in [0.15, 0.2) is 0 Å². The monoisotopic (exact) mass is 420 g/mol. The summed E-state index contributed by atoms with van der Waals surface area (Å²) in [7, 11) is 0. The van der Waals surface area contributed by atoms with E-state index in [0.29, 0.717) is 30.6 Å². The number of anilines is 1. The van der Waals surface area contributed by atoms with E-state index >= 15 is 0 Å². The molecule has 2 aromatic carbocycles. The minimum absolute atomic E-state index is 0.0169. The molecule has 1 N–H and O–H groups in total. The number of benzene rings is 2. The molecule has 3 aromatic rings. The van der Waals surface area contributed by atoms with E-state index in [1.165, 1.54) is 5.56 Å². The van der Waals surface area contributed by atoms with Crippen molar-refractivity contribution >= 4 is 11.6 Å². The first-order valence-electron chi connectivity index (χ1n) is 10.8. The van der Waals surface area contributed by atoms with Crippen molar-refractivity contribution in [1.29, 1.82) is 0 Å². The van der Waals surface area contributed by atoms with Crippen molar-refractivity contribution in [2.75, 3.05) is 25.0 Å². The second-order valence-corrected chi connectivity index (χ2v) is 7.85. The Morgan fingerprint density at radius 2 is 1.90 bits per heavy atom. The SMILES string of the molecule is CCOc1ccccc1NC(=O)C1CCN(Cc2nc(-c3ccc(C)cc3)no2)CC1. The second-order valence-electron chi connectivity index (χ2n) is 7.85. The molecular formula is C24H28N4O3. The molecule has 0 unspecified atom stereocenters. The summed E-state index contributed by atoms with van der Waals surface area (Å²) >= 11 is 0. The molecule has 1 aliphatic rings. The molecule has 2 heterocycles. The molecule has 0 bridgehead atoms. The first-order chi connectivity index (χ1) is 15.1. The molecule has 162 valence electrons. The molecule has 0 aliphatic carbocycles. The normalized spacial score (nSPS) is 15.0. The van der Waals surface area contributed by atoms with Gasteiger partial charge >= 0.3 is 0 Å². The Bertz CT molecular complexity index is 1010. The van der Waals surface area contributed by atoms with Gasteiger partial charge < -0.3 is 14.6 Å². The number of nitrogens with zero attached hydrogens (tertiary/aromatic N) is 3. The number of likely N-dealkylation sites (tertiary alicyclic amines) is 1. The second kappa shape index (κ2) is 9.75. The Kier molecular flexibility index (Phi) is 6.62. The van der Waals surface area contributed by atoms with Crippen molar-refractivity contribution in [3.8, 4) is 17.1 Å². The van der Waals surface area contributed by atoms with E-state index in [-0.39, 0.29) is 11.8 Å². The first-order valence-corrected chi connectivity index (χ1v) is 10.8. The highest BCUT2D eigenvalue weighted by molar-refractivity contribution is 5.94. The van der Waals surface area contributed by atoms with E-state index in [4.69, 9.17) is 9.26 Å². The van der Waals surface area contributed by atoms with Crippen molar-refractivity contribution in [3.05, 3.63) is 60.0 Å². The molecule has 1 saturated heterocycles. The van der Waals surface area contributed by atoms with Crippen LogP contribution < -0.4 is 10.1 Å². The van der Waals surface area contributed by atoms with Gasteiger partial charge in [0, 0.05) is 11.5 Å². The van der Waals surface area contributed by atoms with Crippen molar-refractivity contribution in [2.24, 2.45) is 5.92 Å². The highest BCUT2D eigenvalue weighted by Gasteiger charge is 2.26. The third-order valence-electron chi connectivity index (χ3n) is 5.54. The molecule has 31 heavy (non-hydrogen) atoms. The van der Waals surface area contributed by atoms with Gasteiger partial charge in [0.25, 0.3) is 0 Å². The van der Waals surface area contributed by atoms with Crippen LogP contribution >= 0.6 is 0 Å². The standard InChI is InChI=1S/C24H28N4O3/c1-3-30-21-7-5-4-6-20(21)25-24(29)19-12-14-28(15-13-19)16-22-26-23(27-31-22)18-10-8-17(2)9-11-18/h4-11,19H,3,12-16H2,1-2H3,(H,25,29). The highest BCUT2D eigenvalue weighted by atomic mass is 16.5. The number of para-hydroxylation sites is 2. The highest BCUT2D eigenvalue weighted by Crippen LogP contribution is 2.26. The molecule has 4 rings (SSSR count). The minimum Gasteiger partial charge on any atom is -0.492 e. The van der Waals surface area contributed by atoms with E-state index in [1.807, 2.05) is 62.4 Å². The van der Waals surface area contributed by atoms with Crippen molar-refractivity contribution < 1.29 is 14.1 Å². The van der Waals surface area contributed by atoms with Crippen LogP contribution in [0.4, 0.5) is 5.69 Å². The first kappa shape index (κ1) is 21.1. The fourth-order valence-corrected chi connectivity index (χ4v) is 3.77. The number of carbonyl (C=O) groups is 1. The molecule has 0 saturated carbocycles. The van der Waals surface area contributed by atoms with Gasteiger partial charge in [-0.2, -0.15) is 4.98 Å². The summed E-state index contributed by atoms with van der Waals surface area (Å²) in [5.74, 6) is 1.95. The summed E-state index contributed by atoms with van der Waals surface area (Å²) in [6.07, 6.45) is 1.59. The van der Waals surface area contributed by atoms with Crippen LogP contribution in [0.1, 0.15) is 31.2 Å². The quantitative estimate of drug-likeness (QED) is 0.614. The zero-order valence-electron chi connectivity index (χ0n) is 18.0. The Hall–Kier alpha value is -3.19. The molecule has 1 aliphatic heterocycles. The summed E-state index contributed by atoms with van der Waals surface area (Å²) in [5, 5.41) is 7.14. The van der Waals surface area contributed by atoms with Crippen LogP contribution in [-0.2, 0) is 11.3 Å². The molecular weight excluding hydrogens is 392 g/mol. The van der Waals surface area contributed by atoms with Crippen LogP contribution in [0.3, 0.4) is 0 Å². The topological polar surface area (TPSA) is 80.5 Å². The van der Waals surface area contributed by atoms with E-state index < -0.39 is 0 Å². The van der Waals surface area contributed by atoms with Crippen LogP contribution in [0.5, 0.6) is 5.75 Å². The van der Waals surface area contributed by atoms with Crippen LogP contribution in [-0.4, -0.2) is 40.6 Å². The Labute approximate surface area is 182 Å². The number of aromatic nitrogens is 2. The van der Waals surface area contributed by atoms with Gasteiger partial charge in [-0.1, -0.05) is 47.1 Å². The van der Waals surface area contributed by atoms with Gasteiger partial charge in [-0.15, -0.1) is 0 Å². The maximum absolute atomic E-state index is 12.7. The van der Waals surface area contributed by atoms with Crippen LogP contribution in [0.2, 0.25) is 0 Å². The average molecular weight is 421 g/mol.